The highest BCUT2D eigenvalue weighted by atomic mass is 35.5. The summed E-state index contributed by atoms with van der Waals surface area (Å²) in [4.78, 5) is 0. The van der Waals surface area contributed by atoms with Crippen LogP contribution in [0.15, 0.2) is 42.2 Å². The number of halogens is 1. The largest absolute Gasteiger partial charge is 0.385 e. The Balaban J connectivity index is 1.61. The molecule has 4 rings (SSSR count). The minimum absolute atomic E-state index is 0.0339. The number of nitrogens with one attached hydrogen (secondary N) is 1. The lowest BCUT2D eigenvalue weighted by Crippen LogP contribution is -2.50. The molecule has 8 heteroatoms. The van der Waals surface area contributed by atoms with Crippen LogP contribution in [0.4, 0.5) is 0 Å². The van der Waals surface area contributed by atoms with Crippen LogP contribution in [0, 0.1) is 20.8 Å². The molecule has 1 aliphatic heterocycles. The van der Waals surface area contributed by atoms with Gasteiger partial charge < -0.3 is 14.0 Å². The smallest absolute Gasteiger partial charge is 0.306 e. The van der Waals surface area contributed by atoms with E-state index in [4.69, 9.17) is 20.5 Å². The molecule has 2 aromatic carbocycles. The number of benzene rings is 2. The Morgan fingerprint density at radius 3 is 2.24 bits per heavy atom. The van der Waals surface area contributed by atoms with E-state index in [0.29, 0.717) is 48.6 Å². The van der Waals surface area contributed by atoms with Gasteiger partial charge >= 0.3 is 10.1 Å². The van der Waals surface area contributed by atoms with Gasteiger partial charge in [0.25, 0.3) is 0 Å². The summed E-state index contributed by atoms with van der Waals surface area (Å²) in [6, 6.07) is 11.6. The molecular weight excluding hydrogens is 474 g/mol. The van der Waals surface area contributed by atoms with Gasteiger partial charge in [0.05, 0.1) is 24.5 Å². The lowest BCUT2D eigenvalue weighted by atomic mass is 9.79. The molecule has 2 aromatic rings. The van der Waals surface area contributed by atoms with Crippen LogP contribution in [-0.2, 0) is 25.6 Å². The van der Waals surface area contributed by atoms with Crippen LogP contribution in [-0.4, -0.2) is 37.7 Å². The maximum atomic E-state index is 12.3. The quantitative estimate of drug-likeness (QED) is 0.550. The molecule has 0 amide bonds. The van der Waals surface area contributed by atoms with Crippen molar-refractivity contribution in [1.82, 2.24) is 5.32 Å². The summed E-state index contributed by atoms with van der Waals surface area (Å²) in [6.45, 7) is 6.45. The van der Waals surface area contributed by atoms with Crippen LogP contribution in [0.3, 0.4) is 0 Å². The first-order chi connectivity index (χ1) is 16.0. The number of hydrogen-bond donors (Lipinski definition) is 2. The summed E-state index contributed by atoms with van der Waals surface area (Å²) in [6.07, 6.45) is 2.66. The molecule has 2 aliphatic rings. The van der Waals surface area contributed by atoms with Crippen LogP contribution in [0.1, 0.15) is 53.5 Å². The van der Waals surface area contributed by atoms with Crippen molar-refractivity contribution in [2.24, 2.45) is 0 Å². The molecule has 0 aromatic heterocycles. The summed E-state index contributed by atoms with van der Waals surface area (Å²) < 4.78 is 36.3. The third-order valence-electron chi connectivity index (χ3n) is 6.73. The third kappa shape index (κ3) is 5.34. The molecule has 1 heterocycles. The zero-order valence-corrected chi connectivity index (χ0v) is 21.6. The normalized spacial score (nSPS) is 25.2. The van der Waals surface area contributed by atoms with E-state index in [1.165, 1.54) is 0 Å². The summed E-state index contributed by atoms with van der Waals surface area (Å²) >= 11 is 5.96. The van der Waals surface area contributed by atoms with Crippen LogP contribution < -0.4 is 5.32 Å². The zero-order valence-electron chi connectivity index (χ0n) is 20.0. The molecule has 184 valence electrons. The summed E-state index contributed by atoms with van der Waals surface area (Å²) in [7, 11) is -3.80. The van der Waals surface area contributed by atoms with Crippen molar-refractivity contribution in [3.05, 3.63) is 75.0 Å². The van der Waals surface area contributed by atoms with E-state index in [1.807, 2.05) is 57.2 Å². The fourth-order valence-electron chi connectivity index (χ4n) is 5.33. The van der Waals surface area contributed by atoms with Gasteiger partial charge in [-0.25, -0.2) is 0 Å². The van der Waals surface area contributed by atoms with Crippen LogP contribution >= 0.6 is 11.6 Å². The summed E-state index contributed by atoms with van der Waals surface area (Å²) in [5.74, 6) is 0.314. The number of aliphatic hydroxyl groups excluding tert-OH is 1. The fourth-order valence-corrected chi connectivity index (χ4v) is 6.01. The number of ether oxygens (including phenoxy) is 1. The van der Waals surface area contributed by atoms with Crippen molar-refractivity contribution in [1.29, 1.82) is 0 Å². The molecule has 34 heavy (non-hydrogen) atoms. The molecule has 1 unspecified atom stereocenters. The monoisotopic (exact) mass is 505 g/mol. The van der Waals surface area contributed by atoms with Gasteiger partial charge in [0.15, 0.2) is 0 Å². The molecule has 1 saturated carbocycles. The molecule has 0 saturated heterocycles. The lowest BCUT2D eigenvalue weighted by Gasteiger charge is -2.38. The number of aryl methyl sites for hydroxylation is 3. The SMILES string of the molecule is Cc1cc(C)c(C2=C(OS(C)(=O)=O)C3(CCC(OCc4ccc(Cl)cc4)CC3)NC2O)c(C)c1. The first-order valence-corrected chi connectivity index (χ1v) is 13.7. The standard InChI is InChI=1S/C26H32ClNO5S/c1-16-13-17(2)22(18(3)14-16)23-24(33-34(4,30)31)26(28-25(23)29)11-9-21(10-12-26)32-15-19-5-7-20(27)8-6-19/h5-8,13-14,21,25,28-29H,9-12,15H2,1-4H3. The molecule has 1 aliphatic carbocycles. The number of hydrogen-bond acceptors (Lipinski definition) is 6. The molecule has 0 radical (unpaired) electrons. The fraction of sp³-hybridized carbons (Fsp3) is 0.462. The molecule has 6 nitrogen and oxygen atoms in total. The van der Waals surface area contributed by atoms with Gasteiger partial charge in [-0.2, -0.15) is 8.42 Å². The average molecular weight is 506 g/mol. The van der Waals surface area contributed by atoms with E-state index >= 15 is 0 Å². The molecule has 2 N–H and O–H groups in total. The van der Waals surface area contributed by atoms with E-state index in [1.54, 1.807) is 0 Å². The highest BCUT2D eigenvalue weighted by Gasteiger charge is 2.50. The van der Waals surface area contributed by atoms with Gasteiger partial charge in [-0.15, -0.1) is 0 Å². The molecule has 1 atom stereocenters. The zero-order chi connectivity index (χ0) is 24.7. The molecule has 0 bridgehead atoms. The van der Waals surface area contributed by atoms with E-state index < -0.39 is 21.9 Å². The Morgan fingerprint density at radius 1 is 1.09 bits per heavy atom. The van der Waals surface area contributed by atoms with Gasteiger partial charge in [-0.1, -0.05) is 41.4 Å². The average Bonchev–Trinajstić information content (AvgIpc) is 2.98. The molecule has 1 fully saturated rings. The maximum absolute atomic E-state index is 12.3. The van der Waals surface area contributed by atoms with E-state index in [-0.39, 0.29) is 6.10 Å². The Hall–Kier alpha value is -1.90. The Morgan fingerprint density at radius 2 is 1.68 bits per heavy atom. The first-order valence-electron chi connectivity index (χ1n) is 11.5. The Labute approximate surface area is 207 Å². The highest BCUT2D eigenvalue weighted by molar-refractivity contribution is 7.86. The van der Waals surface area contributed by atoms with Crippen LogP contribution in [0.2, 0.25) is 5.02 Å². The maximum Gasteiger partial charge on any atom is 0.306 e. The first kappa shape index (κ1) is 25.2. The van der Waals surface area contributed by atoms with Crippen LogP contribution in [0.5, 0.6) is 0 Å². The highest BCUT2D eigenvalue weighted by Crippen LogP contribution is 2.46. The lowest BCUT2D eigenvalue weighted by molar-refractivity contribution is -0.00449. The second kappa shape index (κ2) is 9.63. The second-order valence-corrected chi connectivity index (χ2v) is 11.6. The van der Waals surface area contributed by atoms with Gasteiger partial charge in [-0.05, 0) is 80.8 Å². The van der Waals surface area contributed by atoms with E-state index in [0.717, 1.165) is 34.1 Å². The Kier molecular flexibility index (Phi) is 7.14. The number of aliphatic hydroxyl groups is 1. The van der Waals surface area contributed by atoms with Crippen molar-refractivity contribution in [3.63, 3.8) is 0 Å². The van der Waals surface area contributed by atoms with Gasteiger partial charge in [0.1, 0.15) is 12.0 Å². The van der Waals surface area contributed by atoms with E-state index in [2.05, 4.69) is 5.32 Å². The third-order valence-corrected chi connectivity index (χ3v) is 7.45. The van der Waals surface area contributed by atoms with E-state index in [9.17, 15) is 13.5 Å². The summed E-state index contributed by atoms with van der Waals surface area (Å²) in [5, 5.41) is 15.1. The number of rotatable bonds is 6. The van der Waals surface area contributed by atoms with Gasteiger partial charge in [-0.3, -0.25) is 5.32 Å². The van der Waals surface area contributed by atoms with Crippen LogP contribution in [0.25, 0.3) is 5.57 Å². The Bertz CT molecular complexity index is 1180. The summed E-state index contributed by atoms with van der Waals surface area (Å²) in [5.41, 5.74) is 4.69. The second-order valence-electron chi connectivity index (χ2n) is 9.57. The molecule has 1 spiro atoms. The predicted molar refractivity (Wildman–Crippen MR) is 134 cm³/mol. The topological polar surface area (TPSA) is 84.9 Å². The van der Waals surface area contributed by atoms with Crippen molar-refractivity contribution in [2.45, 2.75) is 70.9 Å². The minimum atomic E-state index is -3.80. The van der Waals surface area contributed by atoms with Crippen molar-refractivity contribution in [2.75, 3.05) is 6.26 Å². The van der Waals surface area contributed by atoms with Crippen molar-refractivity contribution in [3.8, 4) is 0 Å². The van der Waals surface area contributed by atoms with Gasteiger partial charge in [0.2, 0.25) is 0 Å². The predicted octanol–water partition coefficient (Wildman–Crippen LogP) is 4.77. The van der Waals surface area contributed by atoms with Crippen molar-refractivity contribution >= 4 is 27.3 Å². The van der Waals surface area contributed by atoms with Gasteiger partial charge in [0, 0.05) is 10.6 Å². The van der Waals surface area contributed by atoms with Crippen molar-refractivity contribution < 1.29 is 22.4 Å². The minimum Gasteiger partial charge on any atom is -0.385 e. The molecular formula is C26H32ClNO5S.